The lowest BCUT2D eigenvalue weighted by atomic mass is 9.93. The van der Waals surface area contributed by atoms with E-state index in [1.165, 1.54) is 24.3 Å². The van der Waals surface area contributed by atoms with Crippen LogP contribution in [0.1, 0.15) is 41.0 Å². The van der Waals surface area contributed by atoms with Gasteiger partial charge in [-0.1, -0.05) is 40.7 Å². The van der Waals surface area contributed by atoms with E-state index in [1.807, 2.05) is 27.7 Å². The van der Waals surface area contributed by atoms with Crippen LogP contribution in [0.2, 0.25) is 0 Å². The van der Waals surface area contributed by atoms with E-state index >= 15 is 0 Å². The average molecular weight is 400 g/mol. The molecule has 9 heteroatoms. The summed E-state index contributed by atoms with van der Waals surface area (Å²) in [4.78, 5) is 23.4. The van der Waals surface area contributed by atoms with Crippen molar-refractivity contribution in [2.75, 3.05) is 10.6 Å². The molecule has 0 fully saturated rings. The largest absolute Gasteiger partial charge is 0.351 e. The first-order chi connectivity index (χ1) is 12.4. The Morgan fingerprint density at radius 1 is 1.22 bits per heavy atom. The Hall–Kier alpha value is -2.16. The minimum Gasteiger partial charge on any atom is -0.351 e. The van der Waals surface area contributed by atoms with Crippen LogP contribution in [0, 0.1) is 22.0 Å². The number of nitro benzene ring substituents is 1. The summed E-state index contributed by atoms with van der Waals surface area (Å²) >= 11 is 0. The molecule has 1 N–H and O–H groups in total. The molecule has 0 bridgehead atoms. The molecule has 27 heavy (non-hydrogen) atoms. The van der Waals surface area contributed by atoms with Crippen LogP contribution in [-0.4, -0.2) is 37.6 Å². The predicted octanol–water partition coefficient (Wildman–Crippen LogP) is 2.94. The van der Waals surface area contributed by atoms with E-state index in [1.54, 1.807) is 6.92 Å². The van der Waals surface area contributed by atoms with Crippen molar-refractivity contribution < 1.29 is 18.1 Å². The van der Waals surface area contributed by atoms with Crippen LogP contribution < -0.4 is 9.62 Å². The second-order valence-electron chi connectivity index (χ2n) is 7.28. The fourth-order valence-electron chi connectivity index (χ4n) is 3.17. The summed E-state index contributed by atoms with van der Waals surface area (Å²) in [5.41, 5.74) is -0.141. The van der Waals surface area contributed by atoms with Crippen LogP contribution in [0.5, 0.6) is 0 Å². The molecule has 1 unspecified atom stereocenters. The summed E-state index contributed by atoms with van der Waals surface area (Å²) in [7, 11) is -3.84. The summed E-state index contributed by atoms with van der Waals surface area (Å²) in [5.74, 6) is -0.0614. The molecule has 1 rings (SSSR count). The van der Waals surface area contributed by atoms with Crippen molar-refractivity contribution in [1.29, 1.82) is 0 Å². The normalized spacial score (nSPS) is 13.1. The van der Waals surface area contributed by atoms with Gasteiger partial charge in [-0.05, 0) is 24.3 Å². The number of carbonyl (C=O) groups excluding carboxylic acids is 1. The van der Waals surface area contributed by atoms with Crippen molar-refractivity contribution in [2.24, 2.45) is 11.8 Å². The first kappa shape index (κ1) is 22.9. The Balaban J connectivity index is 3.34. The summed E-state index contributed by atoms with van der Waals surface area (Å²) in [5, 5.41) is 14.0. The average Bonchev–Trinajstić information content (AvgIpc) is 2.55. The van der Waals surface area contributed by atoms with Crippen LogP contribution in [0.4, 0.5) is 11.4 Å². The summed E-state index contributed by atoms with van der Waals surface area (Å²) in [6.07, 6.45) is 1.22. The van der Waals surface area contributed by atoms with Gasteiger partial charge in [-0.15, -0.1) is 0 Å². The molecule has 1 amide bonds. The molecule has 1 aromatic carbocycles. The smallest absolute Gasteiger partial charge is 0.271 e. The molecule has 1 atom stereocenters. The van der Waals surface area contributed by atoms with Gasteiger partial charge in [0.1, 0.15) is 6.04 Å². The number of amides is 1. The lowest BCUT2D eigenvalue weighted by Crippen LogP contribution is -2.53. The first-order valence-electron chi connectivity index (χ1n) is 8.94. The number of non-ortho nitro benzene ring substituents is 1. The molecule has 0 aliphatic carbocycles. The number of hydrogen-bond acceptors (Lipinski definition) is 5. The second-order valence-corrected chi connectivity index (χ2v) is 9.14. The number of nitro groups is 1. The Morgan fingerprint density at radius 2 is 1.78 bits per heavy atom. The number of hydrogen-bond donors (Lipinski definition) is 1. The minimum atomic E-state index is -3.84. The van der Waals surface area contributed by atoms with Crippen LogP contribution >= 0.6 is 0 Å². The maximum Gasteiger partial charge on any atom is 0.271 e. The highest BCUT2D eigenvalue weighted by molar-refractivity contribution is 7.92. The van der Waals surface area contributed by atoms with Gasteiger partial charge in [0, 0.05) is 18.2 Å². The van der Waals surface area contributed by atoms with Gasteiger partial charge in [0.2, 0.25) is 15.9 Å². The molecule has 1 aromatic rings. The van der Waals surface area contributed by atoms with Gasteiger partial charge in [-0.25, -0.2) is 8.42 Å². The lowest BCUT2D eigenvalue weighted by molar-refractivity contribution is -0.384. The van der Waals surface area contributed by atoms with Crippen molar-refractivity contribution in [3.05, 3.63) is 34.4 Å². The zero-order valence-electron chi connectivity index (χ0n) is 16.7. The maximum absolute atomic E-state index is 12.9. The van der Waals surface area contributed by atoms with E-state index < -0.39 is 26.9 Å². The first-order valence-corrected chi connectivity index (χ1v) is 10.8. The molecule has 0 aliphatic heterocycles. The maximum atomic E-state index is 12.9. The van der Waals surface area contributed by atoms with Gasteiger partial charge >= 0.3 is 0 Å². The number of nitrogens with one attached hydrogen (secondary N) is 1. The Labute approximate surface area is 161 Å². The molecular weight excluding hydrogens is 370 g/mol. The molecule has 0 aliphatic rings. The van der Waals surface area contributed by atoms with Gasteiger partial charge in [0.05, 0.1) is 16.9 Å². The minimum absolute atomic E-state index is 0.0966. The number of benzene rings is 1. The highest BCUT2D eigenvalue weighted by Gasteiger charge is 2.34. The van der Waals surface area contributed by atoms with Gasteiger partial charge in [-0.2, -0.15) is 0 Å². The molecule has 0 saturated heterocycles. The zero-order chi connectivity index (χ0) is 20.9. The number of anilines is 1. The summed E-state index contributed by atoms with van der Waals surface area (Å²) in [6.45, 7) is 9.66. The second kappa shape index (κ2) is 9.16. The Kier molecular flexibility index (Phi) is 7.77. The molecule has 0 spiro atoms. The molecule has 0 radical (unpaired) electrons. The van der Waals surface area contributed by atoms with Crippen molar-refractivity contribution in [2.45, 2.75) is 53.1 Å². The van der Waals surface area contributed by atoms with E-state index in [0.717, 1.165) is 10.6 Å². The molecule has 0 saturated carbocycles. The molecule has 8 nitrogen and oxygen atoms in total. The van der Waals surface area contributed by atoms with Crippen LogP contribution in [-0.2, 0) is 14.8 Å². The van der Waals surface area contributed by atoms with E-state index in [2.05, 4.69) is 5.32 Å². The topological polar surface area (TPSA) is 110 Å². The fraction of sp³-hybridized carbons (Fsp3) is 0.611. The summed E-state index contributed by atoms with van der Waals surface area (Å²) < 4.78 is 25.9. The molecule has 0 heterocycles. The predicted molar refractivity (Wildman–Crippen MR) is 106 cm³/mol. The van der Waals surface area contributed by atoms with Crippen molar-refractivity contribution in [3.8, 4) is 0 Å². The van der Waals surface area contributed by atoms with Crippen LogP contribution in [0.15, 0.2) is 24.3 Å². The lowest BCUT2D eigenvalue weighted by Gasteiger charge is -2.33. The van der Waals surface area contributed by atoms with Crippen LogP contribution in [0.25, 0.3) is 0 Å². The number of nitrogens with zero attached hydrogens (tertiary/aromatic N) is 2. The molecular formula is C18H29N3O5S. The SMILES string of the molecule is CCC(C(=O)NC(C(C)C)C(C)C)N(c1cccc([N+](=O)[O-])c1)S(C)(=O)=O. The number of rotatable bonds is 9. The van der Waals surface area contributed by atoms with E-state index in [4.69, 9.17) is 0 Å². The highest BCUT2D eigenvalue weighted by atomic mass is 32.2. The third-order valence-corrected chi connectivity index (χ3v) is 5.55. The quantitative estimate of drug-likeness (QED) is 0.507. The Bertz CT molecular complexity index is 769. The van der Waals surface area contributed by atoms with E-state index in [9.17, 15) is 23.3 Å². The van der Waals surface area contributed by atoms with Gasteiger partial charge in [-0.3, -0.25) is 19.2 Å². The monoisotopic (exact) mass is 399 g/mol. The van der Waals surface area contributed by atoms with Gasteiger partial charge in [0.15, 0.2) is 0 Å². The summed E-state index contributed by atoms with van der Waals surface area (Å²) in [6, 6.07) is 4.19. The number of sulfonamides is 1. The van der Waals surface area contributed by atoms with E-state index in [0.29, 0.717) is 0 Å². The van der Waals surface area contributed by atoms with Crippen LogP contribution in [0.3, 0.4) is 0 Å². The Morgan fingerprint density at radius 3 is 2.19 bits per heavy atom. The van der Waals surface area contributed by atoms with E-state index in [-0.39, 0.29) is 35.7 Å². The standard InChI is InChI=1S/C18H29N3O5S/c1-7-16(18(22)19-17(12(2)3)13(4)5)20(27(6,25)26)14-9-8-10-15(11-14)21(23)24/h8-13,16-17H,7H2,1-6H3,(H,19,22). The fourth-order valence-corrected chi connectivity index (χ4v) is 4.37. The molecule has 152 valence electrons. The number of carbonyl (C=O) groups is 1. The van der Waals surface area contributed by atoms with Crippen molar-refractivity contribution >= 4 is 27.3 Å². The van der Waals surface area contributed by atoms with Gasteiger partial charge < -0.3 is 5.32 Å². The third-order valence-electron chi connectivity index (χ3n) is 4.37. The zero-order valence-corrected chi connectivity index (χ0v) is 17.5. The highest BCUT2D eigenvalue weighted by Crippen LogP contribution is 2.26. The van der Waals surface area contributed by atoms with Crippen molar-refractivity contribution in [1.82, 2.24) is 5.32 Å². The molecule has 0 aromatic heterocycles. The van der Waals surface area contributed by atoms with Gasteiger partial charge in [0.25, 0.3) is 5.69 Å². The third kappa shape index (κ3) is 5.92. The van der Waals surface area contributed by atoms with Crippen molar-refractivity contribution in [3.63, 3.8) is 0 Å².